The highest BCUT2D eigenvalue weighted by molar-refractivity contribution is 6.11. The van der Waals surface area contributed by atoms with Gasteiger partial charge in [0.2, 0.25) is 5.76 Å². The molecule has 0 spiro atoms. The van der Waals surface area contributed by atoms with Gasteiger partial charge in [0.25, 0.3) is 0 Å². The van der Waals surface area contributed by atoms with Gasteiger partial charge in [-0.15, -0.1) is 0 Å². The van der Waals surface area contributed by atoms with Crippen molar-refractivity contribution in [2.45, 2.75) is 95.4 Å². The summed E-state index contributed by atoms with van der Waals surface area (Å²) in [6.45, 7) is 4.56. The van der Waals surface area contributed by atoms with Crippen LogP contribution in [0.4, 0.5) is 0 Å². The zero-order chi connectivity index (χ0) is 45.4. The van der Waals surface area contributed by atoms with E-state index in [1.807, 2.05) is 6.08 Å². The molecule has 5 aliphatic heterocycles. The third-order valence-corrected chi connectivity index (χ3v) is 15.1. The Morgan fingerprint density at radius 1 is 1.06 bits per heavy atom. The molecule has 14 heteroatoms. The highest BCUT2D eigenvalue weighted by atomic mass is 16.6. The van der Waals surface area contributed by atoms with Crippen LogP contribution in [-0.4, -0.2) is 121 Å². The maximum atomic E-state index is 14.1. The molecule has 4 N–H and O–H groups in total. The van der Waals surface area contributed by atoms with Crippen LogP contribution >= 0.6 is 0 Å². The molecule has 5 heterocycles. The van der Waals surface area contributed by atoms with Crippen molar-refractivity contribution in [3.05, 3.63) is 79.6 Å². The van der Waals surface area contributed by atoms with Gasteiger partial charge in [-0.2, -0.15) is 0 Å². The first-order valence-corrected chi connectivity index (χ1v) is 23.6. The summed E-state index contributed by atoms with van der Waals surface area (Å²) in [7, 11) is 1.70. The maximum Gasteiger partial charge on any atom is 0.375 e. The number of Topliss-reactive ketones (excluding diaryl/α,β-unsaturated/α-hetero) is 1. The van der Waals surface area contributed by atoms with Gasteiger partial charge in [0.1, 0.15) is 34.7 Å². The third-order valence-electron chi connectivity index (χ3n) is 15.1. The molecule has 0 unspecified atom stereocenters. The number of fused-ring (bicyclic) bond motifs is 8. The van der Waals surface area contributed by atoms with Crippen molar-refractivity contribution < 1.29 is 58.5 Å². The number of ketones is 1. The number of ether oxygens (including phenoxy) is 5. The zero-order valence-electron chi connectivity index (χ0n) is 37.5. The van der Waals surface area contributed by atoms with E-state index in [0.717, 1.165) is 53.3 Å². The molecule has 2 aromatic rings. The number of likely N-dealkylation sites (tertiary alicyclic amines) is 1. The van der Waals surface area contributed by atoms with Gasteiger partial charge < -0.3 is 49.0 Å². The Labute approximate surface area is 379 Å². The number of hydrogen-bond donors (Lipinski definition) is 4. The maximum absolute atomic E-state index is 14.1. The van der Waals surface area contributed by atoms with Gasteiger partial charge in [0, 0.05) is 87.7 Å². The van der Waals surface area contributed by atoms with Crippen molar-refractivity contribution in [3.8, 4) is 17.2 Å². The molecule has 7 aliphatic rings. The average Bonchev–Trinajstić information content (AvgIpc) is 3.98. The predicted molar refractivity (Wildman–Crippen MR) is 239 cm³/mol. The summed E-state index contributed by atoms with van der Waals surface area (Å²) in [6.07, 6.45) is 10.7. The summed E-state index contributed by atoms with van der Waals surface area (Å²) in [5, 5.41) is 47.6. The topological polar surface area (TPSA) is 194 Å². The Morgan fingerprint density at radius 2 is 1.92 bits per heavy atom. The highest BCUT2D eigenvalue weighted by Gasteiger charge is 2.57. The molecule has 2 aromatic carbocycles. The minimum atomic E-state index is -1.40. The third kappa shape index (κ3) is 8.18. The van der Waals surface area contributed by atoms with E-state index < -0.39 is 30.2 Å². The fraction of sp³-hybridized carbons (Fsp3) is 0.569. The van der Waals surface area contributed by atoms with E-state index >= 15 is 0 Å². The van der Waals surface area contributed by atoms with Crippen molar-refractivity contribution in [1.82, 2.24) is 4.90 Å². The lowest BCUT2D eigenvalue weighted by Gasteiger charge is -2.53. The van der Waals surface area contributed by atoms with Crippen LogP contribution in [0, 0.1) is 23.7 Å². The van der Waals surface area contributed by atoms with E-state index in [4.69, 9.17) is 23.7 Å². The number of rotatable bonds is 13. The van der Waals surface area contributed by atoms with Gasteiger partial charge in [0.05, 0.1) is 48.4 Å². The summed E-state index contributed by atoms with van der Waals surface area (Å²) in [5.41, 5.74) is 2.73. The second-order valence-electron chi connectivity index (χ2n) is 18.7. The minimum Gasteiger partial charge on any atom is -0.492 e. The van der Waals surface area contributed by atoms with Crippen molar-refractivity contribution in [1.29, 1.82) is 0 Å². The molecule has 9 rings (SSSR count). The number of piperidine rings is 1. The molecular formula is C51H62N2O12. The molecule has 7 atom stereocenters. The molecule has 0 radical (unpaired) electrons. The van der Waals surface area contributed by atoms with Crippen LogP contribution in [0.3, 0.4) is 0 Å². The Morgan fingerprint density at radius 3 is 2.69 bits per heavy atom. The fourth-order valence-corrected chi connectivity index (χ4v) is 11.9. The lowest BCUT2D eigenvalue weighted by Crippen LogP contribution is -2.62. The largest absolute Gasteiger partial charge is 0.492 e. The summed E-state index contributed by atoms with van der Waals surface area (Å²) in [5.74, 6) is -1.91. The van der Waals surface area contributed by atoms with Crippen molar-refractivity contribution in [2.75, 3.05) is 66.3 Å². The first-order valence-electron chi connectivity index (χ1n) is 23.6. The van der Waals surface area contributed by atoms with Crippen molar-refractivity contribution >= 4 is 29.7 Å². The summed E-state index contributed by atoms with van der Waals surface area (Å²) in [4.78, 5) is 48.6. The van der Waals surface area contributed by atoms with E-state index in [-0.39, 0.29) is 104 Å². The van der Waals surface area contributed by atoms with Gasteiger partial charge in [-0.1, -0.05) is 23.8 Å². The van der Waals surface area contributed by atoms with E-state index in [2.05, 4.69) is 34.2 Å². The van der Waals surface area contributed by atoms with Crippen LogP contribution in [0.15, 0.2) is 46.2 Å². The molecule has 2 bridgehead atoms. The molecular weight excluding hydrogens is 833 g/mol. The molecule has 0 amide bonds. The number of methoxy groups -OCH3 is 1. The standard InChI is InChI=1S/C51H62N2O12/c1-3-62-50(59)49-38(26-56)44-32-10-12-42(58)36(21-32)35-20-31-13-15-52-41(31)22-30(35)8-7-29(25-55)28-63-47-37-23-43(64-46(37)39(27-57)48(65-49)45(44)47)51(60)34(6-4-18-54)11-9-33-24-53(16-5-19-61-2)17-14-40(33)51/h9,11,13,20,22,26,29,33-34,36,40,43,54-55,57,60H,3-8,10,12,14-19,21,23-25,27-28H2,1-2H3/b44-32-/t29-,33-,34-,36-,40-,43+,51-/m1/s1. The van der Waals surface area contributed by atoms with Crippen LogP contribution < -0.4 is 24.8 Å². The molecule has 1 saturated carbocycles. The number of nitrogens with zero attached hydrogens (tertiary/aromatic N) is 2. The van der Waals surface area contributed by atoms with Gasteiger partial charge in [-0.05, 0) is 99.2 Å². The second kappa shape index (κ2) is 19.3. The Hall–Kier alpha value is -4.70. The number of carbonyl (C=O) groups is 3. The monoisotopic (exact) mass is 894 g/mol. The molecule has 65 heavy (non-hydrogen) atoms. The summed E-state index contributed by atoms with van der Waals surface area (Å²) < 4.78 is 31.3. The quantitative estimate of drug-likeness (QED) is 0.0993. The number of aliphatic hydroxyl groups is 4. The Kier molecular flexibility index (Phi) is 13.5. The van der Waals surface area contributed by atoms with Gasteiger partial charge in [-0.3, -0.25) is 14.6 Å². The summed E-state index contributed by atoms with van der Waals surface area (Å²) >= 11 is 0. The van der Waals surface area contributed by atoms with Crippen LogP contribution in [0.1, 0.15) is 92.0 Å². The number of hydrogen-bond acceptors (Lipinski definition) is 14. The van der Waals surface area contributed by atoms with Crippen LogP contribution in [0.5, 0.6) is 17.2 Å². The second-order valence-corrected chi connectivity index (χ2v) is 18.7. The van der Waals surface area contributed by atoms with Gasteiger partial charge in [0.15, 0.2) is 6.29 Å². The molecule has 348 valence electrons. The normalized spacial score (nSPS) is 29.2. The predicted octanol–water partition coefficient (Wildman–Crippen LogP) is 3.19. The lowest BCUT2D eigenvalue weighted by molar-refractivity contribution is -0.154. The number of carbonyl (C=O) groups excluding carboxylic acids is 3. The number of aryl methyl sites for hydroxylation is 1. The van der Waals surface area contributed by atoms with Gasteiger partial charge >= 0.3 is 5.97 Å². The minimum absolute atomic E-state index is 0.00781. The van der Waals surface area contributed by atoms with Crippen molar-refractivity contribution in [2.24, 2.45) is 28.7 Å². The first-order chi connectivity index (χ1) is 31.7. The summed E-state index contributed by atoms with van der Waals surface area (Å²) in [6, 6.07) is 4.12. The number of benzene rings is 2. The van der Waals surface area contributed by atoms with Crippen LogP contribution in [-0.2, 0) is 43.3 Å². The SMILES string of the molecule is CCOC(=O)C1=C(C=O)/C2=C3\CCC(=O)[C@H](C3)c3cc4c(cc3CC[C@H](CO)COc3c5c(c(CO)c(c32)O1)O[C@H]([C@]1(O)[C@@H]2CCN(CCCOC)C[C@H]2C=C[C@H]1CCCO)C5)=NCC=4. The number of aliphatic hydroxyl groups excluding tert-OH is 3. The molecule has 14 nitrogen and oxygen atoms in total. The first kappa shape index (κ1) is 45.5. The van der Waals surface area contributed by atoms with Crippen molar-refractivity contribution in [3.63, 3.8) is 0 Å². The highest BCUT2D eigenvalue weighted by Crippen LogP contribution is 2.58. The number of aldehydes is 1. The fourth-order valence-electron chi connectivity index (χ4n) is 11.9. The van der Waals surface area contributed by atoms with E-state index in [0.29, 0.717) is 80.4 Å². The number of allylic oxidation sites excluding steroid dienone is 3. The zero-order valence-corrected chi connectivity index (χ0v) is 37.5. The van der Waals surface area contributed by atoms with E-state index in [9.17, 15) is 34.8 Å². The van der Waals surface area contributed by atoms with E-state index in [1.165, 1.54) is 0 Å². The van der Waals surface area contributed by atoms with Gasteiger partial charge in [-0.25, -0.2) is 4.79 Å². The smallest absolute Gasteiger partial charge is 0.375 e. The molecule has 1 saturated heterocycles. The Bertz CT molecular complexity index is 2440. The molecule has 0 aromatic heterocycles. The lowest BCUT2D eigenvalue weighted by atomic mass is 9.60. The van der Waals surface area contributed by atoms with Crippen LogP contribution in [0.25, 0.3) is 11.6 Å². The average molecular weight is 895 g/mol. The van der Waals surface area contributed by atoms with E-state index in [1.54, 1.807) is 14.0 Å². The molecule has 2 aliphatic carbocycles. The number of esters is 1. The Balaban J connectivity index is 1.22. The molecule has 2 fully saturated rings. The van der Waals surface area contributed by atoms with Crippen LogP contribution in [0.2, 0.25) is 0 Å².